The minimum atomic E-state index is -3.34. The average molecular weight is 439 g/mol. The summed E-state index contributed by atoms with van der Waals surface area (Å²) in [6.07, 6.45) is 0.564. The molecule has 1 saturated heterocycles. The summed E-state index contributed by atoms with van der Waals surface area (Å²) in [5.74, 6) is -7.61. The number of halogens is 4. The summed E-state index contributed by atoms with van der Waals surface area (Å²) in [5, 5.41) is 16.8. The van der Waals surface area contributed by atoms with E-state index in [1.54, 1.807) is 0 Å². The second-order valence-electron chi connectivity index (χ2n) is 7.29. The highest BCUT2D eigenvalue weighted by molar-refractivity contribution is 5.95. The number of anilines is 2. The molecule has 13 heteroatoms. The van der Waals surface area contributed by atoms with Gasteiger partial charge in [0.25, 0.3) is 5.92 Å². The van der Waals surface area contributed by atoms with E-state index in [1.165, 1.54) is 34.8 Å². The molecular formula is C18H17F4N7O2. The molecule has 9 nitrogen and oxygen atoms in total. The Kier molecular flexibility index (Phi) is 4.80. The van der Waals surface area contributed by atoms with Crippen molar-refractivity contribution in [2.45, 2.75) is 31.8 Å². The van der Waals surface area contributed by atoms with E-state index in [9.17, 15) is 27.5 Å². The Labute approximate surface area is 172 Å². The van der Waals surface area contributed by atoms with Crippen LogP contribution in [0.2, 0.25) is 0 Å². The van der Waals surface area contributed by atoms with Gasteiger partial charge in [0.05, 0.1) is 24.0 Å². The first kappa shape index (κ1) is 20.9. The molecule has 0 spiro atoms. The molecule has 1 fully saturated rings. The number of hydrogen-bond donors (Lipinski definition) is 2. The molecule has 0 aliphatic carbocycles. The average Bonchev–Trinajstić information content (AvgIpc) is 3.17. The first-order chi connectivity index (χ1) is 14.5. The number of carbonyl (C=O) groups is 1. The van der Waals surface area contributed by atoms with Crippen molar-refractivity contribution in [3.8, 4) is 5.82 Å². The predicted molar refractivity (Wildman–Crippen MR) is 101 cm³/mol. The fourth-order valence-electron chi connectivity index (χ4n) is 3.26. The first-order valence-electron chi connectivity index (χ1n) is 9.14. The van der Waals surface area contributed by atoms with E-state index in [0.717, 1.165) is 6.20 Å². The third kappa shape index (κ3) is 3.87. The Morgan fingerprint density at radius 3 is 2.71 bits per heavy atom. The standard InChI is InChI=1S/C18H17F4N7O2/c1-9(30)25-13-5-11-10(6-24-13)15(28-7-12(31)18(21,22)8-28)27-29(11)14-3-4-23-16(26-14)17(2,19)20/h3-6,12,31H,7-8H2,1-2H3,(H,24,25,30). The van der Waals surface area contributed by atoms with Gasteiger partial charge in [-0.3, -0.25) is 4.79 Å². The molecule has 0 radical (unpaired) electrons. The van der Waals surface area contributed by atoms with Crippen molar-refractivity contribution in [2.24, 2.45) is 0 Å². The summed E-state index contributed by atoms with van der Waals surface area (Å²) in [5.41, 5.74) is 0.280. The highest BCUT2D eigenvalue weighted by Crippen LogP contribution is 2.36. The van der Waals surface area contributed by atoms with E-state index in [4.69, 9.17) is 0 Å². The quantitative estimate of drug-likeness (QED) is 0.600. The number of aromatic nitrogens is 5. The zero-order valence-corrected chi connectivity index (χ0v) is 16.4. The lowest BCUT2D eigenvalue weighted by Crippen LogP contribution is -2.31. The summed E-state index contributed by atoms with van der Waals surface area (Å²) in [6, 6.07) is 2.75. The third-order valence-electron chi connectivity index (χ3n) is 4.68. The third-order valence-corrected chi connectivity index (χ3v) is 4.68. The van der Waals surface area contributed by atoms with E-state index in [0.29, 0.717) is 12.3 Å². The van der Waals surface area contributed by atoms with Crippen LogP contribution in [0.15, 0.2) is 24.5 Å². The van der Waals surface area contributed by atoms with E-state index < -0.39 is 36.2 Å². The molecule has 3 aromatic heterocycles. The van der Waals surface area contributed by atoms with Crippen molar-refractivity contribution in [1.29, 1.82) is 0 Å². The minimum absolute atomic E-state index is 0.0331. The Bertz CT molecular complexity index is 1160. The molecule has 1 amide bonds. The molecule has 4 rings (SSSR count). The number of rotatable bonds is 4. The number of pyridine rings is 1. The van der Waals surface area contributed by atoms with Gasteiger partial charge in [-0.25, -0.2) is 28.4 Å². The normalized spacial score (nSPS) is 18.5. The summed E-state index contributed by atoms with van der Waals surface area (Å²) in [4.78, 5) is 24.1. The largest absolute Gasteiger partial charge is 0.385 e. The molecule has 0 bridgehead atoms. The Hall–Kier alpha value is -3.35. The van der Waals surface area contributed by atoms with E-state index in [-0.39, 0.29) is 29.5 Å². The number of nitrogens with zero attached hydrogens (tertiary/aromatic N) is 6. The molecule has 3 aromatic rings. The number of nitrogens with one attached hydrogen (secondary N) is 1. The summed E-state index contributed by atoms with van der Waals surface area (Å²) >= 11 is 0. The van der Waals surface area contributed by atoms with Gasteiger partial charge in [-0.05, 0) is 0 Å². The maximum absolute atomic E-state index is 13.9. The number of hydrogen-bond acceptors (Lipinski definition) is 7. The van der Waals surface area contributed by atoms with Crippen molar-refractivity contribution >= 4 is 28.4 Å². The summed E-state index contributed by atoms with van der Waals surface area (Å²) < 4.78 is 56.4. The van der Waals surface area contributed by atoms with Gasteiger partial charge in [0.2, 0.25) is 11.7 Å². The number of aliphatic hydroxyl groups is 1. The molecule has 31 heavy (non-hydrogen) atoms. The van der Waals surface area contributed by atoms with Crippen LogP contribution in [0.3, 0.4) is 0 Å². The lowest BCUT2D eigenvalue weighted by atomic mass is 10.2. The molecule has 1 atom stereocenters. The number of alkyl halides is 4. The van der Waals surface area contributed by atoms with Crippen LogP contribution in [0, 0.1) is 0 Å². The highest BCUT2D eigenvalue weighted by atomic mass is 19.3. The summed E-state index contributed by atoms with van der Waals surface area (Å²) in [6.45, 7) is 0.762. The first-order valence-corrected chi connectivity index (χ1v) is 9.14. The number of aliphatic hydroxyl groups excluding tert-OH is 1. The second-order valence-corrected chi connectivity index (χ2v) is 7.29. The molecule has 4 heterocycles. The van der Waals surface area contributed by atoms with Crippen LogP contribution in [0.1, 0.15) is 19.7 Å². The van der Waals surface area contributed by atoms with E-state index >= 15 is 0 Å². The molecule has 0 aromatic carbocycles. The smallest absolute Gasteiger partial charge is 0.303 e. The Balaban J connectivity index is 1.89. The van der Waals surface area contributed by atoms with E-state index in [2.05, 4.69) is 25.4 Å². The molecule has 1 aliphatic heterocycles. The zero-order chi connectivity index (χ0) is 22.6. The van der Waals surface area contributed by atoms with Crippen LogP contribution in [-0.2, 0) is 10.7 Å². The maximum atomic E-state index is 13.9. The molecule has 164 valence electrons. The molecule has 1 aliphatic rings. The second kappa shape index (κ2) is 7.11. The highest BCUT2D eigenvalue weighted by Gasteiger charge is 2.48. The van der Waals surface area contributed by atoms with Gasteiger partial charge in [0.15, 0.2) is 11.6 Å². The van der Waals surface area contributed by atoms with Gasteiger partial charge in [0.1, 0.15) is 11.9 Å². The minimum Gasteiger partial charge on any atom is -0.385 e. The van der Waals surface area contributed by atoms with Crippen molar-refractivity contribution in [2.75, 3.05) is 23.3 Å². The number of fused-ring (bicyclic) bond motifs is 1. The number of β-amino-alcohol motifs (C(OH)–C–C–N with tert-alkyl or cyclic N) is 1. The molecule has 0 saturated carbocycles. The Morgan fingerprint density at radius 2 is 2.10 bits per heavy atom. The van der Waals surface area contributed by atoms with Gasteiger partial charge >= 0.3 is 5.92 Å². The zero-order valence-electron chi connectivity index (χ0n) is 16.4. The van der Waals surface area contributed by atoms with Crippen LogP contribution in [0.25, 0.3) is 16.7 Å². The monoisotopic (exact) mass is 439 g/mol. The molecule has 1 unspecified atom stereocenters. The van der Waals surface area contributed by atoms with E-state index in [1.807, 2.05) is 0 Å². The lowest BCUT2D eigenvalue weighted by molar-refractivity contribution is -0.114. The van der Waals surface area contributed by atoms with Crippen molar-refractivity contribution in [3.05, 3.63) is 30.4 Å². The number of amides is 1. The van der Waals surface area contributed by atoms with Crippen LogP contribution < -0.4 is 10.2 Å². The topological polar surface area (TPSA) is 109 Å². The van der Waals surface area contributed by atoms with Gasteiger partial charge in [-0.2, -0.15) is 8.78 Å². The lowest BCUT2D eigenvalue weighted by Gasteiger charge is -2.14. The maximum Gasteiger partial charge on any atom is 0.303 e. The van der Waals surface area contributed by atoms with Gasteiger partial charge < -0.3 is 15.3 Å². The van der Waals surface area contributed by atoms with Crippen molar-refractivity contribution in [3.63, 3.8) is 0 Å². The predicted octanol–water partition coefficient (Wildman–Crippen LogP) is 2.10. The van der Waals surface area contributed by atoms with Crippen LogP contribution in [-0.4, -0.2) is 60.9 Å². The van der Waals surface area contributed by atoms with Gasteiger partial charge in [0, 0.05) is 38.4 Å². The fourth-order valence-corrected chi connectivity index (χ4v) is 3.26. The SMILES string of the molecule is CC(=O)Nc1cc2c(cn1)c(N1CC(O)C(F)(F)C1)nn2-c1ccnc(C(C)(F)F)n1. The molecular weight excluding hydrogens is 422 g/mol. The van der Waals surface area contributed by atoms with Gasteiger partial charge in [-0.15, -0.1) is 5.10 Å². The Morgan fingerprint density at radius 1 is 1.35 bits per heavy atom. The van der Waals surface area contributed by atoms with Crippen molar-refractivity contribution in [1.82, 2.24) is 24.7 Å². The number of carbonyl (C=O) groups excluding carboxylic acids is 1. The van der Waals surface area contributed by atoms with Crippen LogP contribution in [0.4, 0.5) is 29.2 Å². The fraction of sp³-hybridized carbons (Fsp3) is 0.389. The van der Waals surface area contributed by atoms with Crippen molar-refractivity contribution < 1.29 is 27.5 Å². The molecule has 2 N–H and O–H groups in total. The van der Waals surface area contributed by atoms with Crippen LogP contribution in [0.5, 0.6) is 0 Å². The summed E-state index contributed by atoms with van der Waals surface area (Å²) in [7, 11) is 0. The van der Waals surface area contributed by atoms with Crippen LogP contribution >= 0.6 is 0 Å². The van der Waals surface area contributed by atoms with Gasteiger partial charge in [-0.1, -0.05) is 0 Å².